The predicted molar refractivity (Wildman–Crippen MR) is 117 cm³/mol. The highest BCUT2D eigenvalue weighted by molar-refractivity contribution is 6.76. The van der Waals surface area contributed by atoms with Gasteiger partial charge in [0, 0.05) is 8.07 Å². The van der Waals surface area contributed by atoms with E-state index in [2.05, 4.69) is 62.9 Å². The van der Waals surface area contributed by atoms with Crippen LogP contribution in [0, 0.1) is 26.1 Å². The predicted octanol–water partition coefficient (Wildman–Crippen LogP) is 3.62. The van der Waals surface area contributed by atoms with E-state index >= 15 is 0 Å². The Kier molecular flexibility index (Phi) is 8.83. The fourth-order valence-corrected chi connectivity index (χ4v) is 6.27. The minimum atomic E-state index is -2.08. The van der Waals surface area contributed by atoms with Crippen LogP contribution in [-0.4, -0.2) is 66.4 Å². The maximum Gasteiger partial charge on any atom is 0.462 e. The van der Waals surface area contributed by atoms with Gasteiger partial charge in [0.25, 0.3) is 0 Å². The lowest BCUT2D eigenvalue weighted by Gasteiger charge is -2.34. The third kappa shape index (κ3) is 5.64. The lowest BCUT2D eigenvalue weighted by Crippen LogP contribution is -2.52. The fourth-order valence-electron chi connectivity index (χ4n) is 4.38. The summed E-state index contributed by atoms with van der Waals surface area (Å²) in [4.78, 5) is 26.8. The molecule has 1 rings (SSSR count). The van der Waals surface area contributed by atoms with E-state index in [1.54, 1.807) is 0 Å². The van der Waals surface area contributed by atoms with Gasteiger partial charge in [-0.05, 0) is 32.1 Å². The van der Waals surface area contributed by atoms with Gasteiger partial charge in [0.1, 0.15) is 6.42 Å². The highest BCUT2D eigenvalue weighted by atomic mass is 28.3. The SMILES string of the molecule is CCN(CC)B(C=C1CC([N+](=O)[O-])([N+](=O)[O-])CC1C[Si](C)(C)C)N(CC)CC. The molecule has 1 aliphatic rings. The van der Waals surface area contributed by atoms with Crippen molar-refractivity contribution in [2.45, 2.75) is 71.9 Å². The Morgan fingerprint density at radius 1 is 1.04 bits per heavy atom. The molecule has 0 bridgehead atoms. The Morgan fingerprint density at radius 3 is 1.79 bits per heavy atom. The highest BCUT2D eigenvalue weighted by Crippen LogP contribution is 2.45. The van der Waals surface area contributed by atoms with Gasteiger partial charge in [0.15, 0.2) is 0 Å². The number of nitrogens with zero attached hydrogens (tertiary/aromatic N) is 4. The summed E-state index contributed by atoms with van der Waals surface area (Å²) in [6, 6.07) is 0.839. The molecule has 0 aromatic heterocycles. The molecule has 0 N–H and O–H groups in total. The maximum absolute atomic E-state index is 11.7. The Labute approximate surface area is 170 Å². The summed E-state index contributed by atoms with van der Waals surface area (Å²) in [5, 5.41) is 23.5. The van der Waals surface area contributed by atoms with Gasteiger partial charge in [-0.25, -0.2) is 0 Å². The zero-order valence-electron chi connectivity index (χ0n) is 18.6. The first-order valence-corrected chi connectivity index (χ1v) is 14.1. The van der Waals surface area contributed by atoms with Gasteiger partial charge < -0.3 is 9.62 Å². The molecule has 0 heterocycles. The molecule has 0 aliphatic heterocycles. The molecule has 160 valence electrons. The second-order valence-corrected chi connectivity index (χ2v) is 14.5. The van der Waals surface area contributed by atoms with Crippen molar-refractivity contribution in [2.75, 3.05) is 26.2 Å². The van der Waals surface area contributed by atoms with Crippen molar-refractivity contribution >= 4 is 15.1 Å². The molecule has 0 spiro atoms. The molecule has 28 heavy (non-hydrogen) atoms. The summed E-state index contributed by atoms with van der Waals surface area (Å²) in [5.74, 6) is 2.02. The van der Waals surface area contributed by atoms with Crippen LogP contribution in [0.25, 0.3) is 0 Å². The van der Waals surface area contributed by atoms with Gasteiger partial charge >= 0.3 is 12.6 Å². The van der Waals surface area contributed by atoms with Gasteiger partial charge in [-0.3, -0.25) is 20.2 Å². The fraction of sp³-hybridized carbons (Fsp3) is 0.889. The Bertz CT molecular complexity index is 563. The summed E-state index contributed by atoms with van der Waals surface area (Å²) in [5.41, 5.74) is -1.17. The molecule has 0 saturated heterocycles. The Balaban J connectivity index is 3.45. The molecule has 0 radical (unpaired) electrons. The average Bonchev–Trinajstić information content (AvgIpc) is 2.95. The molecule has 10 heteroatoms. The quantitative estimate of drug-likeness (QED) is 0.223. The van der Waals surface area contributed by atoms with Crippen LogP contribution in [-0.2, 0) is 0 Å². The van der Waals surface area contributed by atoms with Crippen LogP contribution in [0.2, 0.25) is 25.7 Å². The number of hydrogen-bond acceptors (Lipinski definition) is 6. The molecule has 1 atom stereocenters. The van der Waals surface area contributed by atoms with Crippen molar-refractivity contribution < 1.29 is 9.85 Å². The van der Waals surface area contributed by atoms with E-state index < -0.39 is 23.6 Å². The largest absolute Gasteiger partial charge is 0.462 e. The van der Waals surface area contributed by atoms with Gasteiger partial charge in [-0.15, -0.1) is 0 Å². The summed E-state index contributed by atoms with van der Waals surface area (Å²) >= 11 is 0. The van der Waals surface area contributed by atoms with Crippen LogP contribution < -0.4 is 0 Å². The lowest BCUT2D eigenvalue weighted by atomic mass is 9.68. The van der Waals surface area contributed by atoms with Gasteiger partial charge in [-0.1, -0.05) is 64.9 Å². The van der Waals surface area contributed by atoms with E-state index in [1.165, 1.54) is 0 Å². The number of hydrogen-bond donors (Lipinski definition) is 0. The standard InChI is InChI=1S/C18H37BN4O4Si/c1-8-20(9-2)19(21(10-3)11-4)14-16-12-18(22(24)25,23(26)27)13-17(16)15-28(5,6)7/h14,17H,8-13,15H2,1-7H3. The van der Waals surface area contributed by atoms with Crippen LogP contribution >= 0.6 is 0 Å². The van der Waals surface area contributed by atoms with Gasteiger partial charge in [-0.2, -0.15) is 0 Å². The third-order valence-electron chi connectivity index (χ3n) is 5.86. The van der Waals surface area contributed by atoms with E-state index in [-0.39, 0.29) is 25.7 Å². The summed E-state index contributed by atoms with van der Waals surface area (Å²) in [6.45, 7) is 18.5. The van der Waals surface area contributed by atoms with E-state index in [9.17, 15) is 20.2 Å². The average molecular weight is 412 g/mol. The zero-order chi connectivity index (χ0) is 21.7. The summed E-state index contributed by atoms with van der Waals surface area (Å²) < 4.78 is 0. The van der Waals surface area contributed by atoms with Crippen molar-refractivity contribution in [3.8, 4) is 0 Å². The highest BCUT2D eigenvalue weighted by Gasteiger charge is 2.63. The van der Waals surface area contributed by atoms with Crippen molar-refractivity contribution in [3.63, 3.8) is 0 Å². The molecular weight excluding hydrogens is 375 g/mol. The minimum absolute atomic E-state index is 0.00627. The number of nitro groups is 2. The second-order valence-electron chi connectivity index (χ2n) is 8.94. The third-order valence-corrected chi connectivity index (χ3v) is 7.58. The monoisotopic (exact) mass is 412 g/mol. The number of rotatable bonds is 11. The molecule has 0 amide bonds. The lowest BCUT2D eigenvalue weighted by molar-refractivity contribution is -0.794. The zero-order valence-corrected chi connectivity index (χ0v) is 19.6. The van der Waals surface area contributed by atoms with Crippen LogP contribution in [0.1, 0.15) is 40.5 Å². The molecule has 8 nitrogen and oxygen atoms in total. The molecule has 1 unspecified atom stereocenters. The van der Waals surface area contributed by atoms with E-state index in [1.807, 2.05) is 0 Å². The first-order valence-electron chi connectivity index (χ1n) is 10.4. The van der Waals surface area contributed by atoms with Crippen molar-refractivity contribution in [1.29, 1.82) is 0 Å². The van der Waals surface area contributed by atoms with Crippen LogP contribution in [0.5, 0.6) is 0 Å². The van der Waals surface area contributed by atoms with Crippen LogP contribution in [0.3, 0.4) is 0 Å². The van der Waals surface area contributed by atoms with Gasteiger partial charge in [0.05, 0.1) is 16.3 Å². The Hall–Kier alpha value is -1.26. The van der Waals surface area contributed by atoms with E-state index in [4.69, 9.17) is 0 Å². The molecule has 1 aliphatic carbocycles. The molecule has 0 aromatic rings. The first-order chi connectivity index (χ1) is 13.0. The van der Waals surface area contributed by atoms with Crippen LogP contribution in [0.15, 0.2) is 11.5 Å². The molecular formula is C18H37BN4O4Si. The second kappa shape index (κ2) is 9.98. The van der Waals surface area contributed by atoms with Crippen molar-refractivity contribution in [1.82, 2.24) is 9.62 Å². The van der Waals surface area contributed by atoms with E-state index in [0.29, 0.717) is 0 Å². The maximum atomic E-state index is 11.7. The minimum Gasteiger partial charge on any atom is -0.325 e. The van der Waals surface area contributed by atoms with E-state index in [0.717, 1.165) is 37.8 Å². The van der Waals surface area contributed by atoms with Crippen molar-refractivity contribution in [3.05, 3.63) is 31.8 Å². The topological polar surface area (TPSA) is 92.8 Å². The normalized spacial score (nSPS) is 20.9. The Morgan fingerprint density at radius 2 is 1.46 bits per heavy atom. The molecule has 1 fully saturated rings. The summed E-state index contributed by atoms with van der Waals surface area (Å²) in [6.07, 6.45) is -0.0759. The van der Waals surface area contributed by atoms with Crippen molar-refractivity contribution in [2.24, 2.45) is 5.92 Å². The molecule has 1 saturated carbocycles. The molecule has 0 aromatic carbocycles. The smallest absolute Gasteiger partial charge is 0.325 e. The summed E-state index contributed by atoms with van der Waals surface area (Å²) in [7, 11) is -1.55. The van der Waals surface area contributed by atoms with Crippen LogP contribution in [0.4, 0.5) is 0 Å². The van der Waals surface area contributed by atoms with Gasteiger partial charge in [0.2, 0.25) is 0 Å². The first kappa shape index (κ1) is 24.8.